The second-order valence-corrected chi connectivity index (χ2v) is 4.87. The average Bonchev–Trinajstić information content (AvgIpc) is 2.96. The monoisotopic (exact) mass is 320 g/mol. The molecule has 0 radical (unpaired) electrons. The van der Waals surface area contributed by atoms with Crippen molar-refractivity contribution in [3.8, 4) is 0 Å². The van der Waals surface area contributed by atoms with Crippen LogP contribution in [0.15, 0.2) is 46.9 Å². The number of carbonyl (C=O) groups is 1. The molecule has 0 atom stereocenters. The molecule has 0 fully saturated rings. The van der Waals surface area contributed by atoms with Crippen molar-refractivity contribution in [2.45, 2.75) is 6.42 Å². The third-order valence-electron chi connectivity index (χ3n) is 2.82. The van der Waals surface area contributed by atoms with E-state index in [0.717, 1.165) is 5.56 Å². The van der Waals surface area contributed by atoms with E-state index in [0.29, 0.717) is 18.0 Å². The van der Waals surface area contributed by atoms with Gasteiger partial charge < -0.3 is 9.73 Å². The maximum Gasteiger partial charge on any atom is 0.433 e. The van der Waals surface area contributed by atoms with Gasteiger partial charge >= 0.3 is 5.88 Å². The Hall–Kier alpha value is -2.60. The topological polar surface area (TPSA) is 85.4 Å². The van der Waals surface area contributed by atoms with Gasteiger partial charge in [0.2, 0.25) is 5.91 Å². The van der Waals surface area contributed by atoms with Gasteiger partial charge in [-0.25, -0.2) is 0 Å². The molecule has 2 aromatic rings. The standard InChI is InChI=1S/C15H13ClN2O4/c16-12-3-1-11(2-4-12)9-10-17-14(19)7-5-13-6-8-15(22-13)18(20)21/h1-8H,9-10H2,(H,17,19)/b7-5+. The Morgan fingerprint density at radius 2 is 2.00 bits per heavy atom. The molecule has 0 spiro atoms. The molecular weight excluding hydrogens is 308 g/mol. The molecule has 1 amide bonds. The maximum atomic E-state index is 11.6. The zero-order valence-corrected chi connectivity index (χ0v) is 12.2. The lowest BCUT2D eigenvalue weighted by Gasteiger charge is -2.02. The normalized spacial score (nSPS) is 10.8. The predicted octanol–water partition coefficient (Wildman–Crippen LogP) is 3.21. The van der Waals surface area contributed by atoms with Gasteiger partial charge in [-0.05, 0) is 36.3 Å². The summed E-state index contributed by atoms with van der Waals surface area (Å²) in [4.78, 5) is 21.4. The van der Waals surface area contributed by atoms with E-state index in [4.69, 9.17) is 16.0 Å². The summed E-state index contributed by atoms with van der Waals surface area (Å²) >= 11 is 5.79. The predicted molar refractivity (Wildman–Crippen MR) is 82.6 cm³/mol. The molecule has 114 valence electrons. The third kappa shape index (κ3) is 4.75. The van der Waals surface area contributed by atoms with E-state index in [1.165, 1.54) is 24.3 Å². The van der Waals surface area contributed by atoms with Crippen molar-refractivity contribution in [2.75, 3.05) is 6.54 Å². The van der Waals surface area contributed by atoms with Crippen LogP contribution < -0.4 is 5.32 Å². The van der Waals surface area contributed by atoms with Crippen molar-refractivity contribution in [1.29, 1.82) is 0 Å². The number of hydrogen-bond donors (Lipinski definition) is 1. The smallest absolute Gasteiger partial charge is 0.401 e. The van der Waals surface area contributed by atoms with Gasteiger partial charge in [0.25, 0.3) is 0 Å². The summed E-state index contributed by atoms with van der Waals surface area (Å²) in [6, 6.07) is 10.0. The summed E-state index contributed by atoms with van der Waals surface area (Å²) in [5.41, 5.74) is 1.07. The first-order valence-electron chi connectivity index (χ1n) is 6.49. The summed E-state index contributed by atoms with van der Waals surface area (Å²) in [6.07, 6.45) is 3.33. The lowest BCUT2D eigenvalue weighted by Crippen LogP contribution is -2.23. The molecular formula is C15H13ClN2O4. The van der Waals surface area contributed by atoms with Crippen LogP contribution in [0.25, 0.3) is 6.08 Å². The van der Waals surface area contributed by atoms with Crippen LogP contribution in [0.5, 0.6) is 0 Å². The van der Waals surface area contributed by atoms with Crippen LogP contribution in [0.1, 0.15) is 11.3 Å². The van der Waals surface area contributed by atoms with Crippen LogP contribution in [-0.2, 0) is 11.2 Å². The number of carbonyl (C=O) groups excluding carboxylic acids is 1. The Morgan fingerprint density at radius 1 is 1.27 bits per heavy atom. The van der Waals surface area contributed by atoms with Gasteiger partial charge in [-0.2, -0.15) is 0 Å². The Morgan fingerprint density at radius 3 is 2.64 bits per heavy atom. The molecule has 0 aliphatic rings. The molecule has 0 aliphatic heterocycles. The summed E-state index contributed by atoms with van der Waals surface area (Å²) in [5, 5.41) is 13.8. The number of nitro groups is 1. The highest BCUT2D eigenvalue weighted by Gasteiger charge is 2.09. The van der Waals surface area contributed by atoms with Crippen LogP contribution in [0.2, 0.25) is 5.02 Å². The molecule has 1 heterocycles. The second-order valence-electron chi connectivity index (χ2n) is 4.43. The first-order valence-corrected chi connectivity index (χ1v) is 6.87. The van der Waals surface area contributed by atoms with E-state index in [1.54, 1.807) is 12.1 Å². The largest absolute Gasteiger partial charge is 0.433 e. The number of halogens is 1. The number of furan rings is 1. The number of benzene rings is 1. The van der Waals surface area contributed by atoms with Gasteiger partial charge in [-0.3, -0.25) is 14.9 Å². The first kappa shape index (κ1) is 15.8. The van der Waals surface area contributed by atoms with E-state index in [1.807, 2.05) is 12.1 Å². The summed E-state index contributed by atoms with van der Waals surface area (Å²) in [7, 11) is 0. The molecule has 1 N–H and O–H groups in total. The Kier molecular flexibility index (Phi) is 5.32. The van der Waals surface area contributed by atoms with Gasteiger partial charge in [0.05, 0.1) is 6.07 Å². The molecule has 22 heavy (non-hydrogen) atoms. The third-order valence-corrected chi connectivity index (χ3v) is 3.07. The molecule has 0 unspecified atom stereocenters. The lowest BCUT2D eigenvalue weighted by molar-refractivity contribution is -0.402. The number of rotatable bonds is 6. The molecule has 0 saturated heterocycles. The van der Waals surface area contributed by atoms with E-state index in [9.17, 15) is 14.9 Å². The molecule has 1 aromatic carbocycles. The van der Waals surface area contributed by atoms with Crippen LogP contribution in [0.4, 0.5) is 5.88 Å². The molecule has 2 rings (SSSR count). The minimum absolute atomic E-state index is 0.250. The quantitative estimate of drug-likeness (QED) is 0.503. The molecule has 0 bridgehead atoms. The molecule has 7 heteroatoms. The minimum atomic E-state index is -0.635. The van der Waals surface area contributed by atoms with Gasteiger partial charge in [0, 0.05) is 17.6 Å². The van der Waals surface area contributed by atoms with Gasteiger partial charge in [-0.15, -0.1) is 0 Å². The fourth-order valence-corrected chi connectivity index (χ4v) is 1.85. The molecule has 0 saturated carbocycles. The highest BCUT2D eigenvalue weighted by molar-refractivity contribution is 6.30. The Labute approximate surface area is 131 Å². The summed E-state index contributed by atoms with van der Waals surface area (Å²) in [6.45, 7) is 0.475. The second kappa shape index (κ2) is 7.42. The van der Waals surface area contributed by atoms with Crippen molar-refractivity contribution in [2.24, 2.45) is 0 Å². The van der Waals surface area contributed by atoms with Gasteiger partial charge in [0.15, 0.2) is 0 Å². The molecule has 0 aliphatic carbocycles. The minimum Gasteiger partial charge on any atom is -0.401 e. The number of nitrogens with one attached hydrogen (secondary N) is 1. The number of hydrogen-bond acceptors (Lipinski definition) is 4. The van der Waals surface area contributed by atoms with Crippen LogP contribution in [0.3, 0.4) is 0 Å². The van der Waals surface area contributed by atoms with Crippen molar-refractivity contribution >= 4 is 29.5 Å². The van der Waals surface area contributed by atoms with Gasteiger partial charge in [0.1, 0.15) is 10.7 Å². The first-order chi connectivity index (χ1) is 10.5. The van der Waals surface area contributed by atoms with Crippen LogP contribution in [-0.4, -0.2) is 17.4 Å². The Balaban J connectivity index is 1.78. The summed E-state index contributed by atoms with van der Waals surface area (Å²) in [5.74, 6) is -0.407. The van der Waals surface area contributed by atoms with Crippen molar-refractivity contribution in [3.05, 3.63) is 68.9 Å². The van der Waals surface area contributed by atoms with Gasteiger partial charge in [-0.1, -0.05) is 23.7 Å². The highest BCUT2D eigenvalue weighted by atomic mass is 35.5. The molecule has 6 nitrogen and oxygen atoms in total. The lowest BCUT2D eigenvalue weighted by atomic mass is 10.1. The van der Waals surface area contributed by atoms with Crippen molar-refractivity contribution < 1.29 is 14.1 Å². The summed E-state index contributed by atoms with van der Waals surface area (Å²) < 4.78 is 4.90. The fraction of sp³-hybridized carbons (Fsp3) is 0.133. The van der Waals surface area contributed by atoms with Crippen LogP contribution >= 0.6 is 11.6 Å². The van der Waals surface area contributed by atoms with Crippen LogP contribution in [0, 0.1) is 10.1 Å². The van der Waals surface area contributed by atoms with E-state index < -0.39 is 4.92 Å². The zero-order chi connectivity index (χ0) is 15.9. The van der Waals surface area contributed by atoms with E-state index in [-0.39, 0.29) is 17.6 Å². The fourth-order valence-electron chi connectivity index (χ4n) is 1.73. The average molecular weight is 321 g/mol. The Bertz CT molecular complexity index is 692. The SMILES string of the molecule is O=C(/C=C/c1ccc([N+](=O)[O-])o1)NCCc1ccc(Cl)cc1. The highest BCUT2D eigenvalue weighted by Crippen LogP contribution is 2.16. The van der Waals surface area contributed by atoms with E-state index >= 15 is 0 Å². The molecule has 1 aromatic heterocycles. The number of amides is 1. The van der Waals surface area contributed by atoms with E-state index in [2.05, 4.69) is 5.32 Å². The number of nitrogens with zero attached hydrogens (tertiary/aromatic N) is 1. The van der Waals surface area contributed by atoms with Crippen molar-refractivity contribution in [3.63, 3.8) is 0 Å². The zero-order valence-electron chi connectivity index (χ0n) is 11.5. The maximum absolute atomic E-state index is 11.6. The van der Waals surface area contributed by atoms with Crippen molar-refractivity contribution in [1.82, 2.24) is 5.32 Å².